The van der Waals surface area contributed by atoms with Crippen molar-refractivity contribution in [1.82, 2.24) is 9.71 Å². The first-order valence-corrected chi connectivity index (χ1v) is 5.37. The van der Waals surface area contributed by atoms with Crippen LogP contribution in [0.2, 0.25) is 0 Å². The van der Waals surface area contributed by atoms with Crippen molar-refractivity contribution in [2.45, 2.75) is 19.3 Å². The Bertz CT molecular complexity index is 569. The predicted molar refractivity (Wildman–Crippen MR) is 58.4 cm³/mol. The largest absolute Gasteiger partial charge is 0.461 e. The van der Waals surface area contributed by atoms with E-state index < -0.39 is 0 Å². The molecule has 0 aromatic carbocycles. The molecule has 0 unspecified atom stereocenters. The van der Waals surface area contributed by atoms with Crippen LogP contribution in [0.4, 0.5) is 0 Å². The number of nitrogens with zero attached hydrogens (tertiary/aromatic N) is 3. The second-order valence-corrected chi connectivity index (χ2v) is 3.92. The number of imidazole rings is 1. The van der Waals surface area contributed by atoms with Gasteiger partial charge < -0.3 is 14.8 Å². The molecule has 2 heterocycles. The molecular formula is C11H11N3O3. The summed E-state index contributed by atoms with van der Waals surface area (Å²) in [6.07, 6.45) is 3.72. The Hall–Kier alpha value is -2.24. The molecule has 2 N–H and O–H groups in total. The van der Waals surface area contributed by atoms with Crippen LogP contribution < -0.4 is 0 Å². The van der Waals surface area contributed by atoms with Gasteiger partial charge >= 0.3 is 0 Å². The predicted octanol–water partition coefficient (Wildman–Crippen LogP) is 1.90. The van der Waals surface area contributed by atoms with Crippen molar-refractivity contribution in [3.05, 3.63) is 29.8 Å². The molecule has 6 heteroatoms. The third kappa shape index (κ3) is 1.41. The SMILES string of the molecule is O/N=C1\CCCc2c1nc(-c1ccco1)n2O. The first-order chi connectivity index (χ1) is 8.31. The maximum atomic E-state index is 10.0. The lowest BCUT2D eigenvalue weighted by Gasteiger charge is -2.11. The number of hydrogen-bond acceptors (Lipinski definition) is 5. The number of hydrogen-bond donors (Lipinski definition) is 2. The van der Waals surface area contributed by atoms with Crippen LogP contribution in [0.3, 0.4) is 0 Å². The Morgan fingerprint density at radius 1 is 1.41 bits per heavy atom. The number of furan rings is 1. The first kappa shape index (κ1) is 9.95. The summed E-state index contributed by atoms with van der Waals surface area (Å²) in [7, 11) is 0. The van der Waals surface area contributed by atoms with Crippen LogP contribution in [0, 0.1) is 0 Å². The number of aromatic nitrogens is 2. The van der Waals surface area contributed by atoms with Gasteiger partial charge in [0.1, 0.15) is 11.4 Å². The lowest BCUT2D eigenvalue weighted by Crippen LogP contribution is -2.13. The highest BCUT2D eigenvalue weighted by Crippen LogP contribution is 2.27. The highest BCUT2D eigenvalue weighted by atomic mass is 16.5. The van der Waals surface area contributed by atoms with Crippen molar-refractivity contribution in [1.29, 1.82) is 0 Å². The monoisotopic (exact) mass is 233 g/mol. The van der Waals surface area contributed by atoms with Crippen LogP contribution in [0.1, 0.15) is 24.2 Å². The number of oxime groups is 1. The van der Waals surface area contributed by atoms with E-state index in [1.165, 1.54) is 6.26 Å². The summed E-state index contributed by atoms with van der Waals surface area (Å²) >= 11 is 0. The van der Waals surface area contributed by atoms with Gasteiger partial charge in [0.25, 0.3) is 0 Å². The summed E-state index contributed by atoms with van der Waals surface area (Å²) in [4.78, 5) is 4.27. The molecular weight excluding hydrogens is 222 g/mol. The smallest absolute Gasteiger partial charge is 0.212 e. The molecule has 2 aromatic heterocycles. The Morgan fingerprint density at radius 2 is 2.29 bits per heavy atom. The summed E-state index contributed by atoms with van der Waals surface area (Å²) < 4.78 is 6.21. The quantitative estimate of drug-likeness (QED) is 0.447. The van der Waals surface area contributed by atoms with E-state index >= 15 is 0 Å². The molecule has 88 valence electrons. The zero-order valence-electron chi connectivity index (χ0n) is 9.00. The highest BCUT2D eigenvalue weighted by Gasteiger charge is 2.26. The van der Waals surface area contributed by atoms with Gasteiger partial charge in [0.15, 0.2) is 5.76 Å². The third-order valence-electron chi connectivity index (χ3n) is 2.91. The minimum Gasteiger partial charge on any atom is -0.461 e. The summed E-state index contributed by atoms with van der Waals surface area (Å²) in [6, 6.07) is 3.44. The Labute approximate surface area is 96.8 Å². The van der Waals surface area contributed by atoms with Crippen LogP contribution in [-0.2, 0) is 6.42 Å². The first-order valence-electron chi connectivity index (χ1n) is 5.37. The van der Waals surface area contributed by atoms with Gasteiger partial charge in [-0.05, 0) is 31.4 Å². The second kappa shape index (κ2) is 3.65. The second-order valence-electron chi connectivity index (χ2n) is 3.92. The number of fused-ring (bicyclic) bond motifs is 1. The van der Waals surface area contributed by atoms with E-state index in [1.54, 1.807) is 12.1 Å². The van der Waals surface area contributed by atoms with E-state index in [4.69, 9.17) is 9.62 Å². The molecule has 0 bridgehead atoms. The molecule has 2 aromatic rings. The summed E-state index contributed by atoms with van der Waals surface area (Å²) in [6.45, 7) is 0. The molecule has 17 heavy (non-hydrogen) atoms. The summed E-state index contributed by atoms with van der Waals surface area (Å²) in [5.74, 6) is 0.822. The minimum absolute atomic E-state index is 0.336. The molecule has 1 aliphatic rings. The van der Waals surface area contributed by atoms with Crippen LogP contribution >= 0.6 is 0 Å². The van der Waals surface area contributed by atoms with Crippen molar-refractivity contribution in [3.63, 3.8) is 0 Å². The van der Waals surface area contributed by atoms with E-state index in [9.17, 15) is 5.21 Å². The highest BCUT2D eigenvalue weighted by molar-refractivity contribution is 6.00. The number of rotatable bonds is 1. The van der Waals surface area contributed by atoms with Gasteiger partial charge in [-0.3, -0.25) is 0 Å². The average Bonchev–Trinajstić information content (AvgIpc) is 2.97. The molecule has 0 saturated carbocycles. The maximum absolute atomic E-state index is 10.0. The Balaban J connectivity index is 2.18. The fraction of sp³-hybridized carbons (Fsp3) is 0.273. The van der Waals surface area contributed by atoms with Gasteiger partial charge in [-0.2, -0.15) is 4.73 Å². The van der Waals surface area contributed by atoms with E-state index in [1.807, 2.05) is 0 Å². The van der Waals surface area contributed by atoms with Crippen molar-refractivity contribution in [3.8, 4) is 11.6 Å². The van der Waals surface area contributed by atoms with Crippen molar-refractivity contribution < 1.29 is 14.8 Å². The summed E-state index contributed by atoms with van der Waals surface area (Å²) in [5, 5.41) is 22.1. The molecule has 0 spiro atoms. The lowest BCUT2D eigenvalue weighted by atomic mass is 9.99. The normalized spacial score (nSPS) is 17.3. The molecule has 0 atom stereocenters. The fourth-order valence-electron chi connectivity index (χ4n) is 2.11. The zero-order chi connectivity index (χ0) is 11.8. The zero-order valence-corrected chi connectivity index (χ0v) is 9.00. The average molecular weight is 233 g/mol. The Kier molecular flexibility index (Phi) is 2.14. The summed E-state index contributed by atoms with van der Waals surface area (Å²) in [5.41, 5.74) is 1.72. The van der Waals surface area contributed by atoms with Crippen molar-refractivity contribution in [2.24, 2.45) is 5.16 Å². The molecule has 1 aliphatic carbocycles. The van der Waals surface area contributed by atoms with Crippen LogP contribution in [0.15, 0.2) is 28.0 Å². The van der Waals surface area contributed by atoms with E-state index in [-0.39, 0.29) is 0 Å². The van der Waals surface area contributed by atoms with Gasteiger partial charge in [0.2, 0.25) is 5.82 Å². The van der Waals surface area contributed by atoms with Crippen LogP contribution in [0.5, 0.6) is 0 Å². The van der Waals surface area contributed by atoms with Gasteiger partial charge in [-0.15, -0.1) is 0 Å². The van der Waals surface area contributed by atoms with E-state index in [0.717, 1.165) is 11.2 Å². The lowest BCUT2D eigenvalue weighted by molar-refractivity contribution is 0.179. The van der Waals surface area contributed by atoms with E-state index in [0.29, 0.717) is 41.5 Å². The van der Waals surface area contributed by atoms with Crippen LogP contribution in [0.25, 0.3) is 11.6 Å². The molecule has 3 rings (SSSR count). The molecule has 0 radical (unpaired) electrons. The Morgan fingerprint density at radius 3 is 3.00 bits per heavy atom. The maximum Gasteiger partial charge on any atom is 0.212 e. The topological polar surface area (TPSA) is 83.8 Å². The molecule has 6 nitrogen and oxygen atoms in total. The molecule has 0 saturated heterocycles. The van der Waals surface area contributed by atoms with Gasteiger partial charge in [0, 0.05) is 0 Å². The van der Waals surface area contributed by atoms with Crippen molar-refractivity contribution >= 4 is 5.71 Å². The fourth-order valence-corrected chi connectivity index (χ4v) is 2.11. The van der Waals surface area contributed by atoms with Gasteiger partial charge in [0.05, 0.1) is 12.0 Å². The molecule has 0 amide bonds. The standard InChI is InChI=1S/C11H11N3O3/c15-13-7-3-1-4-8-10(7)12-11(14(8)16)9-5-2-6-17-9/h2,5-6,15-16H,1,3-4H2/b13-7+. The van der Waals surface area contributed by atoms with Gasteiger partial charge in [-0.1, -0.05) is 5.16 Å². The third-order valence-corrected chi connectivity index (χ3v) is 2.91. The van der Waals surface area contributed by atoms with Crippen molar-refractivity contribution in [2.75, 3.05) is 0 Å². The van der Waals surface area contributed by atoms with Crippen LogP contribution in [-0.4, -0.2) is 25.8 Å². The van der Waals surface area contributed by atoms with Gasteiger partial charge in [-0.25, -0.2) is 4.98 Å². The molecule has 0 fully saturated rings. The van der Waals surface area contributed by atoms with E-state index in [2.05, 4.69) is 10.1 Å². The molecule has 0 aliphatic heterocycles. The minimum atomic E-state index is 0.336.